The minimum atomic E-state index is -0.686. The number of H-pyrrole nitrogens is 1. The highest BCUT2D eigenvalue weighted by atomic mass is 16.5. The van der Waals surface area contributed by atoms with Crippen molar-refractivity contribution < 1.29 is 19.0 Å². The molecule has 4 rings (SSSR count). The molecule has 2 N–H and O–H groups in total. The lowest BCUT2D eigenvalue weighted by atomic mass is 9.97. The molecule has 0 amide bonds. The monoisotopic (exact) mass is 417 g/mol. The van der Waals surface area contributed by atoms with E-state index in [0.29, 0.717) is 34.2 Å². The summed E-state index contributed by atoms with van der Waals surface area (Å²) in [5.41, 5.74) is 2.89. The van der Waals surface area contributed by atoms with E-state index in [-0.39, 0.29) is 5.78 Å². The SMILES string of the molecule is COc1cc(NC(C(=O)c2c[nH]c3ccccc23)c2ccc(OC)nc2)cc(OC)c1. The summed E-state index contributed by atoms with van der Waals surface area (Å²) in [5, 5.41) is 4.20. The Labute approximate surface area is 180 Å². The molecule has 1 atom stereocenters. The van der Waals surface area contributed by atoms with E-state index in [9.17, 15) is 4.79 Å². The molecule has 31 heavy (non-hydrogen) atoms. The molecule has 2 aromatic carbocycles. The molecule has 0 spiro atoms. The molecule has 0 aliphatic carbocycles. The van der Waals surface area contributed by atoms with Crippen LogP contribution in [-0.4, -0.2) is 37.1 Å². The van der Waals surface area contributed by atoms with Crippen LogP contribution >= 0.6 is 0 Å². The zero-order valence-electron chi connectivity index (χ0n) is 17.5. The number of benzene rings is 2. The molecule has 4 aromatic rings. The van der Waals surface area contributed by atoms with E-state index >= 15 is 0 Å². The summed E-state index contributed by atoms with van der Waals surface area (Å²) in [6.45, 7) is 0. The molecule has 7 heteroatoms. The van der Waals surface area contributed by atoms with Crippen molar-refractivity contribution in [2.45, 2.75) is 6.04 Å². The molecule has 0 bridgehead atoms. The first-order valence-electron chi connectivity index (χ1n) is 9.73. The van der Waals surface area contributed by atoms with Gasteiger partial charge in [0.25, 0.3) is 0 Å². The third-order valence-corrected chi connectivity index (χ3v) is 5.08. The number of rotatable bonds is 8. The number of ketones is 1. The van der Waals surface area contributed by atoms with E-state index in [4.69, 9.17) is 14.2 Å². The number of ether oxygens (including phenoxy) is 3. The van der Waals surface area contributed by atoms with Gasteiger partial charge in [0.15, 0.2) is 5.78 Å². The van der Waals surface area contributed by atoms with E-state index < -0.39 is 6.04 Å². The largest absolute Gasteiger partial charge is 0.497 e. The molecule has 0 fully saturated rings. The van der Waals surface area contributed by atoms with Gasteiger partial charge in [-0.1, -0.05) is 18.2 Å². The maximum absolute atomic E-state index is 13.7. The predicted molar refractivity (Wildman–Crippen MR) is 119 cm³/mol. The molecule has 0 aliphatic heterocycles. The molecule has 2 aromatic heterocycles. The van der Waals surface area contributed by atoms with Gasteiger partial charge in [0, 0.05) is 64.4 Å². The molecule has 0 radical (unpaired) electrons. The van der Waals surface area contributed by atoms with E-state index in [2.05, 4.69) is 15.3 Å². The number of aromatic nitrogens is 2. The first-order chi connectivity index (χ1) is 15.1. The third-order valence-electron chi connectivity index (χ3n) is 5.08. The first-order valence-corrected chi connectivity index (χ1v) is 9.73. The number of pyridine rings is 1. The number of methoxy groups -OCH3 is 3. The van der Waals surface area contributed by atoms with Gasteiger partial charge in [0.1, 0.15) is 17.5 Å². The molecule has 0 saturated carbocycles. The van der Waals surface area contributed by atoms with Crippen molar-refractivity contribution >= 4 is 22.4 Å². The smallest absolute Gasteiger partial charge is 0.212 e. The van der Waals surface area contributed by atoms with Crippen molar-refractivity contribution in [3.05, 3.63) is 78.1 Å². The van der Waals surface area contributed by atoms with Crippen molar-refractivity contribution in [1.82, 2.24) is 9.97 Å². The third kappa shape index (κ3) is 4.16. The highest BCUT2D eigenvalue weighted by Crippen LogP contribution is 2.31. The highest BCUT2D eigenvalue weighted by molar-refractivity contribution is 6.11. The Bertz CT molecular complexity index is 1180. The van der Waals surface area contributed by atoms with Crippen molar-refractivity contribution in [2.24, 2.45) is 0 Å². The topological polar surface area (TPSA) is 85.5 Å². The average molecular weight is 417 g/mol. The minimum Gasteiger partial charge on any atom is -0.497 e. The van der Waals surface area contributed by atoms with Crippen molar-refractivity contribution in [1.29, 1.82) is 0 Å². The van der Waals surface area contributed by atoms with Crippen LogP contribution in [0.2, 0.25) is 0 Å². The summed E-state index contributed by atoms with van der Waals surface area (Å²) in [6, 6.07) is 16.0. The molecular weight excluding hydrogens is 394 g/mol. The molecule has 7 nitrogen and oxygen atoms in total. The fourth-order valence-corrected chi connectivity index (χ4v) is 3.47. The van der Waals surface area contributed by atoms with Crippen LogP contribution in [-0.2, 0) is 0 Å². The van der Waals surface area contributed by atoms with Gasteiger partial charge in [-0.25, -0.2) is 4.98 Å². The molecule has 0 aliphatic rings. The standard InChI is InChI=1S/C24H23N3O4/c1-29-17-10-16(11-18(12-17)30-2)27-23(15-8-9-22(31-3)26-13-15)24(28)20-14-25-21-7-5-4-6-19(20)21/h4-14,23,25,27H,1-3H3. The Morgan fingerprint density at radius 3 is 2.35 bits per heavy atom. The van der Waals surface area contributed by atoms with Gasteiger partial charge in [0.05, 0.1) is 21.3 Å². The number of carbonyl (C=O) groups excluding carboxylic acids is 1. The van der Waals surface area contributed by atoms with Gasteiger partial charge in [-0.3, -0.25) is 4.79 Å². The molecule has 0 saturated heterocycles. The quantitative estimate of drug-likeness (QED) is 0.407. The number of nitrogens with zero attached hydrogens (tertiary/aromatic N) is 1. The zero-order valence-corrected chi connectivity index (χ0v) is 17.5. The molecule has 2 heterocycles. The molecule has 158 valence electrons. The Morgan fingerprint density at radius 1 is 0.968 bits per heavy atom. The first kappa shape index (κ1) is 20.3. The lowest BCUT2D eigenvalue weighted by Gasteiger charge is -2.20. The van der Waals surface area contributed by atoms with Gasteiger partial charge >= 0.3 is 0 Å². The predicted octanol–water partition coefficient (Wildman–Crippen LogP) is 4.62. The Balaban J connectivity index is 1.77. The number of para-hydroxylation sites is 1. The Morgan fingerprint density at radius 2 is 1.71 bits per heavy atom. The fourth-order valence-electron chi connectivity index (χ4n) is 3.47. The minimum absolute atomic E-state index is 0.0915. The summed E-state index contributed by atoms with van der Waals surface area (Å²) in [5.74, 6) is 1.62. The van der Waals surface area contributed by atoms with Crippen LogP contribution in [0.15, 0.2) is 67.0 Å². The summed E-state index contributed by atoms with van der Waals surface area (Å²) in [7, 11) is 4.72. The summed E-state index contributed by atoms with van der Waals surface area (Å²) < 4.78 is 15.9. The Hall–Kier alpha value is -4.00. The maximum Gasteiger partial charge on any atom is 0.212 e. The van der Waals surface area contributed by atoms with Crippen LogP contribution in [0.5, 0.6) is 17.4 Å². The summed E-state index contributed by atoms with van der Waals surface area (Å²) >= 11 is 0. The van der Waals surface area contributed by atoms with Gasteiger partial charge in [-0.2, -0.15) is 0 Å². The number of Topliss-reactive ketones (excluding diaryl/α,β-unsaturated/α-hetero) is 1. The van der Waals surface area contributed by atoms with Crippen LogP contribution in [0, 0.1) is 0 Å². The van der Waals surface area contributed by atoms with Crippen LogP contribution in [0.4, 0.5) is 5.69 Å². The van der Waals surface area contributed by atoms with Gasteiger partial charge in [0.2, 0.25) is 5.88 Å². The van der Waals surface area contributed by atoms with E-state index in [0.717, 1.165) is 10.9 Å². The van der Waals surface area contributed by atoms with Crippen molar-refractivity contribution in [3.63, 3.8) is 0 Å². The number of nitrogens with one attached hydrogen (secondary N) is 2. The summed E-state index contributed by atoms with van der Waals surface area (Å²) in [6.07, 6.45) is 3.38. The second kappa shape index (κ2) is 8.79. The number of fused-ring (bicyclic) bond motifs is 1. The van der Waals surface area contributed by atoms with Crippen molar-refractivity contribution in [2.75, 3.05) is 26.6 Å². The zero-order chi connectivity index (χ0) is 21.8. The van der Waals surface area contributed by atoms with Crippen LogP contribution in [0.3, 0.4) is 0 Å². The van der Waals surface area contributed by atoms with E-state index in [1.807, 2.05) is 42.5 Å². The van der Waals surface area contributed by atoms with Gasteiger partial charge < -0.3 is 24.5 Å². The second-order valence-electron chi connectivity index (χ2n) is 6.92. The normalized spacial score (nSPS) is 11.7. The molecular formula is C24H23N3O4. The maximum atomic E-state index is 13.7. The summed E-state index contributed by atoms with van der Waals surface area (Å²) in [4.78, 5) is 21.1. The highest BCUT2D eigenvalue weighted by Gasteiger charge is 2.25. The van der Waals surface area contributed by atoms with Crippen LogP contribution in [0.1, 0.15) is 22.0 Å². The molecule has 1 unspecified atom stereocenters. The number of hydrogen-bond acceptors (Lipinski definition) is 6. The fraction of sp³-hybridized carbons (Fsp3) is 0.167. The van der Waals surface area contributed by atoms with Crippen molar-refractivity contribution in [3.8, 4) is 17.4 Å². The number of anilines is 1. The van der Waals surface area contributed by atoms with Gasteiger partial charge in [-0.05, 0) is 12.1 Å². The van der Waals surface area contributed by atoms with Crippen LogP contribution < -0.4 is 19.5 Å². The number of aromatic amines is 1. The van der Waals surface area contributed by atoms with Gasteiger partial charge in [-0.15, -0.1) is 0 Å². The lowest BCUT2D eigenvalue weighted by molar-refractivity contribution is 0.0971. The lowest BCUT2D eigenvalue weighted by Crippen LogP contribution is -2.21. The van der Waals surface area contributed by atoms with E-state index in [1.165, 1.54) is 0 Å². The second-order valence-corrected chi connectivity index (χ2v) is 6.92. The van der Waals surface area contributed by atoms with E-state index in [1.54, 1.807) is 45.9 Å². The number of carbonyl (C=O) groups is 1. The number of hydrogen-bond donors (Lipinski definition) is 2. The Kier molecular flexibility index (Phi) is 5.75. The average Bonchev–Trinajstić information content (AvgIpc) is 3.26. The van der Waals surface area contributed by atoms with Crippen LogP contribution in [0.25, 0.3) is 10.9 Å².